The number of nitrogens with one attached hydrogen (secondary N) is 1. The van der Waals surface area contributed by atoms with Gasteiger partial charge in [0, 0.05) is 18.2 Å². The highest BCUT2D eigenvalue weighted by Crippen LogP contribution is 2.47. The molecule has 0 unspecified atom stereocenters. The van der Waals surface area contributed by atoms with Crippen molar-refractivity contribution in [3.63, 3.8) is 0 Å². The molecule has 6 nitrogen and oxygen atoms in total. The summed E-state index contributed by atoms with van der Waals surface area (Å²) >= 11 is 0. The largest absolute Gasteiger partial charge is 0.493 e. The monoisotopic (exact) mass is 484 g/mol. The van der Waals surface area contributed by atoms with Crippen molar-refractivity contribution in [2.24, 2.45) is 0 Å². The lowest BCUT2D eigenvalue weighted by Crippen LogP contribution is -2.48. The number of rotatable bonds is 8. The van der Waals surface area contributed by atoms with Gasteiger partial charge in [-0.25, -0.2) is 0 Å². The number of aryl methyl sites for hydroxylation is 1. The summed E-state index contributed by atoms with van der Waals surface area (Å²) in [7, 11) is 3.22. The van der Waals surface area contributed by atoms with Crippen LogP contribution in [-0.2, 0) is 11.2 Å². The summed E-state index contributed by atoms with van der Waals surface area (Å²) in [5.41, 5.74) is 4.59. The number of carbonyl (C=O) groups excluding carboxylic acids is 2. The van der Waals surface area contributed by atoms with Gasteiger partial charge in [-0.2, -0.15) is 0 Å². The Hall–Kier alpha value is -3.80. The van der Waals surface area contributed by atoms with E-state index in [0.717, 1.165) is 35.1 Å². The smallest absolute Gasteiger partial charge is 0.254 e. The molecule has 1 aliphatic heterocycles. The fraction of sp³-hybridized carbons (Fsp3) is 0.333. The van der Waals surface area contributed by atoms with E-state index in [-0.39, 0.29) is 23.9 Å². The lowest BCUT2D eigenvalue weighted by atomic mass is 9.78. The van der Waals surface area contributed by atoms with Crippen molar-refractivity contribution in [2.75, 3.05) is 20.8 Å². The summed E-state index contributed by atoms with van der Waals surface area (Å²) in [5.74, 6) is 0.823. The maximum atomic E-state index is 13.8. The van der Waals surface area contributed by atoms with Crippen LogP contribution in [0.4, 0.5) is 0 Å². The Bertz CT molecular complexity index is 1280. The van der Waals surface area contributed by atoms with Crippen molar-refractivity contribution in [1.29, 1.82) is 0 Å². The Morgan fingerprint density at radius 3 is 2.47 bits per heavy atom. The molecule has 2 aliphatic rings. The molecule has 2 amide bonds. The molecule has 186 valence electrons. The highest BCUT2D eigenvalue weighted by molar-refractivity contribution is 6.01. The zero-order chi connectivity index (χ0) is 25.2. The lowest BCUT2D eigenvalue weighted by molar-refractivity contribution is -0.124. The third-order valence-electron chi connectivity index (χ3n) is 7.14. The van der Waals surface area contributed by atoms with Crippen LogP contribution in [-0.4, -0.2) is 43.5 Å². The molecule has 5 rings (SSSR count). The number of fused-ring (bicyclic) bond motifs is 1. The van der Waals surface area contributed by atoms with Crippen molar-refractivity contribution in [3.8, 4) is 11.5 Å². The summed E-state index contributed by atoms with van der Waals surface area (Å²) < 4.78 is 10.7. The van der Waals surface area contributed by atoms with Crippen LogP contribution in [0, 0.1) is 6.92 Å². The van der Waals surface area contributed by atoms with Gasteiger partial charge in [0.05, 0.1) is 26.2 Å². The fourth-order valence-electron chi connectivity index (χ4n) is 5.27. The number of nitrogens with zero attached hydrogens (tertiary/aromatic N) is 1. The van der Waals surface area contributed by atoms with E-state index in [1.807, 2.05) is 72.5 Å². The van der Waals surface area contributed by atoms with Gasteiger partial charge in [-0.3, -0.25) is 9.59 Å². The van der Waals surface area contributed by atoms with E-state index >= 15 is 0 Å². The average Bonchev–Trinajstić information content (AvgIpc) is 3.73. The minimum absolute atomic E-state index is 0.0222. The standard InChI is InChI=1S/C30H32N2O4/c1-19-7-6-8-21(17-19)28-27(23-9-4-5-10-24(23)30(34)32(28)22-12-13-22)29(33)31-16-15-20-11-14-25(35-2)26(18-20)36-3/h4-11,14,17-18,22,27-28H,12-13,15-16H2,1-3H3,(H,31,33)/t27-,28-/m0/s1. The van der Waals surface area contributed by atoms with Gasteiger partial charge < -0.3 is 19.7 Å². The first-order valence-corrected chi connectivity index (χ1v) is 12.5. The van der Waals surface area contributed by atoms with Gasteiger partial charge in [0.15, 0.2) is 11.5 Å². The van der Waals surface area contributed by atoms with E-state index < -0.39 is 5.92 Å². The SMILES string of the molecule is COc1ccc(CCNC(=O)[C@H]2c3ccccc3C(=O)N(C3CC3)[C@H]2c2cccc(C)c2)cc1OC. The molecular formula is C30H32N2O4. The summed E-state index contributed by atoms with van der Waals surface area (Å²) in [6.45, 7) is 2.52. The zero-order valence-electron chi connectivity index (χ0n) is 21.0. The van der Waals surface area contributed by atoms with Crippen molar-refractivity contribution in [3.05, 3.63) is 94.5 Å². The van der Waals surface area contributed by atoms with Crippen molar-refractivity contribution in [1.82, 2.24) is 10.2 Å². The Kier molecular flexibility index (Phi) is 6.68. The normalized spacial score (nSPS) is 19.0. The van der Waals surface area contributed by atoms with Crippen LogP contribution in [0.15, 0.2) is 66.7 Å². The Morgan fingerprint density at radius 1 is 0.972 bits per heavy atom. The predicted molar refractivity (Wildman–Crippen MR) is 139 cm³/mol. The van der Waals surface area contributed by atoms with Gasteiger partial charge >= 0.3 is 0 Å². The maximum Gasteiger partial charge on any atom is 0.254 e. The molecule has 3 aromatic rings. The molecule has 0 bridgehead atoms. The number of methoxy groups -OCH3 is 2. The second-order valence-electron chi connectivity index (χ2n) is 9.60. The molecule has 36 heavy (non-hydrogen) atoms. The van der Waals surface area contributed by atoms with Gasteiger partial charge in [0.1, 0.15) is 0 Å². The van der Waals surface area contributed by atoms with E-state index in [2.05, 4.69) is 11.4 Å². The third-order valence-corrected chi connectivity index (χ3v) is 7.14. The molecule has 0 aromatic heterocycles. The Morgan fingerprint density at radius 2 is 1.75 bits per heavy atom. The molecule has 0 spiro atoms. The van der Waals surface area contributed by atoms with Gasteiger partial charge in [-0.05, 0) is 61.1 Å². The Labute approximate surface area is 212 Å². The van der Waals surface area contributed by atoms with Crippen molar-refractivity contribution in [2.45, 2.75) is 44.2 Å². The minimum atomic E-state index is -0.480. The number of hydrogen-bond donors (Lipinski definition) is 1. The molecule has 1 saturated carbocycles. The van der Waals surface area contributed by atoms with E-state index in [4.69, 9.17) is 9.47 Å². The summed E-state index contributed by atoms with van der Waals surface area (Å²) in [4.78, 5) is 29.4. The van der Waals surface area contributed by atoms with Crippen molar-refractivity contribution < 1.29 is 19.1 Å². The van der Waals surface area contributed by atoms with Crippen LogP contribution in [0.25, 0.3) is 0 Å². The predicted octanol–water partition coefficient (Wildman–Crippen LogP) is 4.81. The second kappa shape index (κ2) is 10.1. The lowest BCUT2D eigenvalue weighted by Gasteiger charge is -2.42. The second-order valence-corrected chi connectivity index (χ2v) is 9.60. The molecule has 1 fully saturated rings. The van der Waals surface area contributed by atoms with E-state index in [9.17, 15) is 9.59 Å². The molecule has 2 atom stereocenters. The molecule has 6 heteroatoms. The molecule has 0 radical (unpaired) electrons. The molecule has 0 saturated heterocycles. The molecule has 1 N–H and O–H groups in total. The minimum Gasteiger partial charge on any atom is -0.493 e. The summed E-state index contributed by atoms with van der Waals surface area (Å²) in [6, 6.07) is 21.4. The van der Waals surface area contributed by atoms with Crippen LogP contribution in [0.5, 0.6) is 11.5 Å². The number of carbonyl (C=O) groups is 2. The van der Waals surface area contributed by atoms with E-state index in [1.54, 1.807) is 14.2 Å². The van der Waals surface area contributed by atoms with Crippen LogP contribution in [0.1, 0.15) is 57.4 Å². The summed E-state index contributed by atoms with van der Waals surface area (Å²) in [5, 5.41) is 3.17. The molecule has 1 aliphatic carbocycles. The van der Waals surface area contributed by atoms with Gasteiger partial charge in [0.25, 0.3) is 5.91 Å². The van der Waals surface area contributed by atoms with Crippen LogP contribution < -0.4 is 14.8 Å². The number of hydrogen-bond acceptors (Lipinski definition) is 4. The fourth-order valence-corrected chi connectivity index (χ4v) is 5.27. The van der Waals surface area contributed by atoms with E-state index in [1.165, 1.54) is 0 Å². The molecule has 3 aromatic carbocycles. The highest BCUT2D eigenvalue weighted by atomic mass is 16.5. The van der Waals surface area contributed by atoms with E-state index in [0.29, 0.717) is 30.0 Å². The first kappa shape index (κ1) is 23.9. The number of amides is 2. The zero-order valence-corrected chi connectivity index (χ0v) is 21.0. The number of benzene rings is 3. The van der Waals surface area contributed by atoms with Crippen LogP contribution >= 0.6 is 0 Å². The first-order chi connectivity index (χ1) is 17.5. The Balaban J connectivity index is 1.44. The van der Waals surface area contributed by atoms with Gasteiger partial charge in [-0.1, -0.05) is 54.1 Å². The molecule has 1 heterocycles. The van der Waals surface area contributed by atoms with Crippen LogP contribution in [0.2, 0.25) is 0 Å². The van der Waals surface area contributed by atoms with Gasteiger partial charge in [0.2, 0.25) is 5.91 Å². The topological polar surface area (TPSA) is 67.9 Å². The maximum absolute atomic E-state index is 13.8. The highest BCUT2D eigenvalue weighted by Gasteiger charge is 2.48. The summed E-state index contributed by atoms with van der Waals surface area (Å²) in [6.07, 6.45) is 2.61. The first-order valence-electron chi connectivity index (χ1n) is 12.5. The average molecular weight is 485 g/mol. The van der Waals surface area contributed by atoms with Gasteiger partial charge in [-0.15, -0.1) is 0 Å². The van der Waals surface area contributed by atoms with Crippen molar-refractivity contribution >= 4 is 11.8 Å². The molecular weight excluding hydrogens is 452 g/mol. The third kappa shape index (κ3) is 4.55. The van der Waals surface area contributed by atoms with Crippen LogP contribution in [0.3, 0.4) is 0 Å². The quantitative estimate of drug-likeness (QED) is 0.498. The number of ether oxygens (including phenoxy) is 2.